The fraction of sp³-hybridized carbons (Fsp3) is 0.786. The van der Waals surface area contributed by atoms with E-state index in [4.69, 9.17) is 4.74 Å². The molecule has 0 saturated heterocycles. The molecule has 0 rings (SSSR count). The highest BCUT2D eigenvalue weighted by Crippen LogP contribution is 2.10. The summed E-state index contributed by atoms with van der Waals surface area (Å²) in [6.45, 7) is 8.63. The van der Waals surface area contributed by atoms with E-state index >= 15 is 0 Å². The Morgan fingerprint density at radius 3 is 2.25 bits per heavy atom. The molecule has 2 nitrogen and oxygen atoms in total. The lowest BCUT2D eigenvalue weighted by molar-refractivity contribution is -0.139. The molecule has 0 unspecified atom stereocenters. The van der Waals surface area contributed by atoms with Gasteiger partial charge in [0, 0.05) is 5.57 Å². The van der Waals surface area contributed by atoms with Crippen LogP contribution in [-0.2, 0) is 9.53 Å². The zero-order valence-corrected chi connectivity index (χ0v) is 10.9. The van der Waals surface area contributed by atoms with Crippen LogP contribution in [0, 0.1) is 0 Å². The summed E-state index contributed by atoms with van der Waals surface area (Å²) in [4.78, 5) is 11.4. The van der Waals surface area contributed by atoms with Gasteiger partial charge in [0.05, 0.1) is 6.61 Å². The second-order valence-electron chi connectivity index (χ2n) is 4.26. The van der Waals surface area contributed by atoms with Gasteiger partial charge in [0.15, 0.2) is 0 Å². The van der Waals surface area contributed by atoms with Crippen molar-refractivity contribution in [2.45, 2.75) is 65.2 Å². The number of carbonyl (C=O) groups excluding carboxylic acids is 1. The van der Waals surface area contributed by atoms with Gasteiger partial charge in [0.2, 0.25) is 0 Å². The smallest absolute Gasteiger partial charge is 0.333 e. The van der Waals surface area contributed by atoms with E-state index in [1.165, 1.54) is 19.3 Å². The average Bonchev–Trinajstić information content (AvgIpc) is 2.29. The molecule has 0 amide bonds. The highest BCUT2D eigenvalue weighted by molar-refractivity contribution is 5.87. The first kappa shape index (κ1) is 15.2. The summed E-state index contributed by atoms with van der Waals surface area (Å²) in [5.41, 5.74) is 0.632. The van der Waals surface area contributed by atoms with E-state index in [9.17, 15) is 4.79 Å². The Balaban J connectivity index is 3.46. The Morgan fingerprint density at radius 1 is 1.00 bits per heavy atom. The number of hydrogen-bond donors (Lipinski definition) is 0. The standard InChI is InChI=1S/C14H26O2/c1-4-6-8-9-11-13(3)14(15)16-12-10-7-5-2/h3-12H2,1-2H3. The molecular formula is C14H26O2. The van der Waals surface area contributed by atoms with E-state index < -0.39 is 0 Å². The molecule has 16 heavy (non-hydrogen) atoms. The average molecular weight is 226 g/mol. The summed E-state index contributed by atoms with van der Waals surface area (Å²) < 4.78 is 5.12. The molecule has 0 aliphatic heterocycles. The molecule has 0 N–H and O–H groups in total. The largest absolute Gasteiger partial charge is 0.462 e. The summed E-state index contributed by atoms with van der Waals surface area (Å²) >= 11 is 0. The van der Waals surface area contributed by atoms with Gasteiger partial charge in [0.1, 0.15) is 0 Å². The fourth-order valence-corrected chi connectivity index (χ4v) is 1.49. The van der Waals surface area contributed by atoms with E-state index in [0.29, 0.717) is 12.2 Å². The molecular weight excluding hydrogens is 200 g/mol. The van der Waals surface area contributed by atoms with Crippen molar-refractivity contribution in [2.24, 2.45) is 0 Å². The van der Waals surface area contributed by atoms with Gasteiger partial charge < -0.3 is 4.74 Å². The lowest BCUT2D eigenvalue weighted by Crippen LogP contribution is -2.08. The zero-order valence-electron chi connectivity index (χ0n) is 10.9. The van der Waals surface area contributed by atoms with E-state index in [2.05, 4.69) is 20.4 Å². The highest BCUT2D eigenvalue weighted by atomic mass is 16.5. The van der Waals surface area contributed by atoms with Gasteiger partial charge in [-0.05, 0) is 19.3 Å². The number of unbranched alkanes of at least 4 members (excludes halogenated alkanes) is 5. The minimum atomic E-state index is -0.201. The Hall–Kier alpha value is -0.790. The van der Waals surface area contributed by atoms with Gasteiger partial charge >= 0.3 is 5.97 Å². The molecule has 0 aromatic heterocycles. The molecule has 94 valence electrons. The molecule has 0 aromatic rings. The molecule has 0 aromatic carbocycles. The van der Waals surface area contributed by atoms with Crippen molar-refractivity contribution < 1.29 is 9.53 Å². The minimum Gasteiger partial charge on any atom is -0.462 e. The Bertz CT molecular complexity index is 175. The van der Waals surface area contributed by atoms with Crippen LogP contribution in [0.1, 0.15) is 65.2 Å². The van der Waals surface area contributed by atoms with Crippen LogP contribution in [-0.4, -0.2) is 12.6 Å². The number of esters is 1. The Kier molecular flexibility index (Phi) is 10.2. The molecule has 0 radical (unpaired) electrons. The monoisotopic (exact) mass is 226 g/mol. The van der Waals surface area contributed by atoms with Gasteiger partial charge in [-0.3, -0.25) is 0 Å². The van der Waals surface area contributed by atoms with Crippen LogP contribution in [0.5, 0.6) is 0 Å². The Labute approximate surface area is 100 Å². The van der Waals surface area contributed by atoms with Crippen LogP contribution in [0.25, 0.3) is 0 Å². The maximum absolute atomic E-state index is 11.4. The maximum Gasteiger partial charge on any atom is 0.333 e. The minimum absolute atomic E-state index is 0.201. The van der Waals surface area contributed by atoms with Crippen LogP contribution < -0.4 is 0 Å². The summed E-state index contributed by atoms with van der Waals surface area (Å²) in [6, 6.07) is 0. The molecule has 0 atom stereocenters. The van der Waals surface area contributed by atoms with Gasteiger partial charge in [-0.1, -0.05) is 52.5 Å². The first-order chi connectivity index (χ1) is 7.72. The molecule has 0 fully saturated rings. The lowest BCUT2D eigenvalue weighted by Gasteiger charge is -2.06. The fourth-order valence-electron chi connectivity index (χ4n) is 1.49. The third kappa shape index (κ3) is 8.51. The van der Waals surface area contributed by atoms with Crippen LogP contribution in [0.15, 0.2) is 12.2 Å². The normalized spacial score (nSPS) is 10.1. The number of rotatable bonds is 10. The van der Waals surface area contributed by atoms with Crippen molar-refractivity contribution >= 4 is 5.97 Å². The number of ether oxygens (including phenoxy) is 1. The van der Waals surface area contributed by atoms with Crippen molar-refractivity contribution in [2.75, 3.05) is 6.61 Å². The van der Waals surface area contributed by atoms with Crippen LogP contribution in [0.3, 0.4) is 0 Å². The third-order valence-electron chi connectivity index (χ3n) is 2.60. The van der Waals surface area contributed by atoms with Crippen molar-refractivity contribution in [3.63, 3.8) is 0 Å². The van der Waals surface area contributed by atoms with Crippen LogP contribution >= 0.6 is 0 Å². The topological polar surface area (TPSA) is 26.3 Å². The summed E-state index contributed by atoms with van der Waals surface area (Å²) in [5, 5.41) is 0. The first-order valence-corrected chi connectivity index (χ1v) is 6.57. The van der Waals surface area contributed by atoms with Crippen molar-refractivity contribution in [3.8, 4) is 0 Å². The van der Waals surface area contributed by atoms with Crippen molar-refractivity contribution in [3.05, 3.63) is 12.2 Å². The number of carbonyl (C=O) groups is 1. The van der Waals surface area contributed by atoms with Crippen molar-refractivity contribution in [1.29, 1.82) is 0 Å². The van der Waals surface area contributed by atoms with E-state index in [-0.39, 0.29) is 5.97 Å². The number of hydrogen-bond acceptors (Lipinski definition) is 2. The molecule has 2 heteroatoms. The quantitative estimate of drug-likeness (QED) is 0.316. The molecule has 0 bridgehead atoms. The lowest BCUT2D eigenvalue weighted by atomic mass is 10.1. The zero-order chi connectivity index (χ0) is 12.2. The first-order valence-electron chi connectivity index (χ1n) is 6.57. The van der Waals surface area contributed by atoms with Crippen LogP contribution in [0.2, 0.25) is 0 Å². The molecule has 0 saturated carbocycles. The summed E-state index contributed by atoms with van der Waals surface area (Å²) in [7, 11) is 0. The van der Waals surface area contributed by atoms with Gasteiger partial charge in [-0.15, -0.1) is 0 Å². The predicted octanol–water partition coefficient (Wildman–Crippen LogP) is 4.25. The molecule has 0 aliphatic carbocycles. The van der Waals surface area contributed by atoms with Crippen molar-refractivity contribution in [1.82, 2.24) is 0 Å². The van der Waals surface area contributed by atoms with E-state index in [1.807, 2.05) is 0 Å². The highest BCUT2D eigenvalue weighted by Gasteiger charge is 2.07. The molecule has 0 spiro atoms. The maximum atomic E-state index is 11.4. The van der Waals surface area contributed by atoms with E-state index in [0.717, 1.165) is 32.1 Å². The summed E-state index contributed by atoms with van der Waals surface area (Å²) in [6.07, 6.45) is 8.70. The van der Waals surface area contributed by atoms with Gasteiger partial charge in [-0.25, -0.2) is 4.79 Å². The van der Waals surface area contributed by atoms with Gasteiger partial charge in [0.25, 0.3) is 0 Å². The Morgan fingerprint density at radius 2 is 1.62 bits per heavy atom. The van der Waals surface area contributed by atoms with Gasteiger partial charge in [-0.2, -0.15) is 0 Å². The molecule has 0 aliphatic rings. The SMILES string of the molecule is C=C(CCCCCC)C(=O)OCCCCC. The second-order valence-corrected chi connectivity index (χ2v) is 4.26. The third-order valence-corrected chi connectivity index (χ3v) is 2.60. The van der Waals surface area contributed by atoms with E-state index in [1.54, 1.807) is 0 Å². The predicted molar refractivity (Wildman–Crippen MR) is 68.4 cm³/mol. The molecule has 0 heterocycles. The summed E-state index contributed by atoms with van der Waals surface area (Å²) in [5.74, 6) is -0.201. The second kappa shape index (κ2) is 10.7. The van der Waals surface area contributed by atoms with Crippen LogP contribution in [0.4, 0.5) is 0 Å².